The molecule has 0 fully saturated rings. The molecule has 3 heteroatoms. The van der Waals surface area contributed by atoms with E-state index in [1.807, 2.05) is 0 Å². The molecule has 18 heavy (non-hydrogen) atoms. The molecular weight excluding hydrogens is 258 g/mol. The lowest BCUT2D eigenvalue weighted by atomic mass is 10.0. The van der Waals surface area contributed by atoms with Crippen molar-refractivity contribution in [2.45, 2.75) is 19.8 Å². The Bertz CT molecular complexity index is 662. The van der Waals surface area contributed by atoms with Gasteiger partial charge < -0.3 is 4.98 Å². The van der Waals surface area contributed by atoms with Gasteiger partial charge in [0.1, 0.15) is 0 Å². The van der Waals surface area contributed by atoms with Crippen molar-refractivity contribution >= 4 is 45.2 Å². The van der Waals surface area contributed by atoms with Crippen LogP contribution in [0.3, 0.4) is 0 Å². The van der Waals surface area contributed by atoms with Crippen molar-refractivity contribution in [1.82, 2.24) is 4.98 Å². The van der Waals surface area contributed by atoms with Crippen molar-refractivity contribution in [3.8, 4) is 0 Å². The fourth-order valence-electron chi connectivity index (χ4n) is 2.15. The maximum atomic E-state index is 4.15. The standard InChI is InChI=1S/C15H19NS2/c1-9(2)11-6-7-12-13(8-11)16-10(3)14(12)15(17-4)18-5/h6-9,16H,3H2,1-2,4-5H3. The second-order valence-electron chi connectivity index (χ2n) is 4.63. The van der Waals surface area contributed by atoms with Gasteiger partial charge in [0.2, 0.25) is 0 Å². The smallest absolute Gasteiger partial charge is 0.0496 e. The highest BCUT2D eigenvalue weighted by molar-refractivity contribution is 8.29. The van der Waals surface area contributed by atoms with E-state index in [1.165, 1.54) is 25.9 Å². The van der Waals surface area contributed by atoms with Gasteiger partial charge >= 0.3 is 0 Å². The van der Waals surface area contributed by atoms with Gasteiger partial charge in [-0.3, -0.25) is 0 Å². The molecule has 1 aromatic heterocycles. The summed E-state index contributed by atoms with van der Waals surface area (Å²) in [4.78, 5) is 3.41. The zero-order chi connectivity index (χ0) is 13.3. The van der Waals surface area contributed by atoms with E-state index >= 15 is 0 Å². The number of benzene rings is 1. The van der Waals surface area contributed by atoms with Crippen molar-refractivity contribution in [3.05, 3.63) is 34.3 Å². The Morgan fingerprint density at radius 2 is 1.89 bits per heavy atom. The maximum absolute atomic E-state index is 4.15. The Labute approximate surface area is 117 Å². The van der Waals surface area contributed by atoms with Crippen molar-refractivity contribution in [2.24, 2.45) is 0 Å². The van der Waals surface area contributed by atoms with Crippen LogP contribution in [-0.4, -0.2) is 17.5 Å². The summed E-state index contributed by atoms with van der Waals surface area (Å²) in [5.74, 6) is 0.555. The lowest BCUT2D eigenvalue weighted by molar-refractivity contribution is 0.868. The van der Waals surface area contributed by atoms with Gasteiger partial charge in [-0.1, -0.05) is 32.6 Å². The fraction of sp³-hybridized carbons (Fsp3) is 0.333. The Kier molecular flexibility index (Phi) is 4.13. The van der Waals surface area contributed by atoms with Gasteiger partial charge in [-0.25, -0.2) is 0 Å². The molecule has 1 heterocycles. The van der Waals surface area contributed by atoms with Crippen molar-refractivity contribution in [1.29, 1.82) is 0 Å². The number of aromatic nitrogens is 1. The zero-order valence-corrected chi connectivity index (χ0v) is 13.0. The summed E-state index contributed by atoms with van der Waals surface area (Å²) >= 11 is 3.57. The Morgan fingerprint density at radius 3 is 2.44 bits per heavy atom. The molecule has 2 rings (SSSR count). The molecule has 0 saturated carbocycles. The zero-order valence-electron chi connectivity index (χ0n) is 11.3. The molecule has 0 spiro atoms. The van der Waals surface area contributed by atoms with Crippen molar-refractivity contribution in [2.75, 3.05) is 12.5 Å². The van der Waals surface area contributed by atoms with E-state index in [-0.39, 0.29) is 0 Å². The number of thioether (sulfide) groups is 2. The second kappa shape index (κ2) is 5.45. The fourth-order valence-corrected chi connectivity index (χ4v) is 3.69. The van der Waals surface area contributed by atoms with E-state index in [0.717, 1.165) is 5.35 Å². The molecule has 0 radical (unpaired) electrons. The first-order valence-corrected chi connectivity index (χ1v) is 8.46. The Balaban J connectivity index is 2.82. The summed E-state index contributed by atoms with van der Waals surface area (Å²) in [5.41, 5.74) is 2.56. The van der Waals surface area contributed by atoms with Gasteiger partial charge in [0.15, 0.2) is 0 Å². The number of hydrogen-bond acceptors (Lipinski definition) is 2. The van der Waals surface area contributed by atoms with Crippen LogP contribution in [0.15, 0.2) is 18.2 Å². The second-order valence-corrected chi connectivity index (χ2v) is 6.53. The quantitative estimate of drug-likeness (QED) is 0.924. The van der Waals surface area contributed by atoms with E-state index in [4.69, 9.17) is 0 Å². The average molecular weight is 277 g/mol. The Morgan fingerprint density at radius 1 is 1.22 bits per heavy atom. The van der Waals surface area contributed by atoms with E-state index < -0.39 is 0 Å². The van der Waals surface area contributed by atoms with Crippen LogP contribution in [0, 0.1) is 0 Å². The van der Waals surface area contributed by atoms with Crippen LogP contribution in [0.4, 0.5) is 0 Å². The van der Waals surface area contributed by atoms with E-state index in [9.17, 15) is 0 Å². The predicted octanol–water partition coefficient (Wildman–Crippen LogP) is 3.49. The van der Waals surface area contributed by atoms with Crippen LogP contribution in [0.25, 0.3) is 21.7 Å². The summed E-state index contributed by atoms with van der Waals surface area (Å²) in [6.07, 6.45) is 4.24. The molecule has 1 nitrogen and oxygen atoms in total. The largest absolute Gasteiger partial charge is 0.355 e. The molecule has 0 bridgehead atoms. The maximum Gasteiger partial charge on any atom is 0.0496 e. The molecular formula is C15H19NS2. The molecule has 0 aliphatic heterocycles. The number of nitrogens with one attached hydrogen (secondary N) is 1. The van der Waals surface area contributed by atoms with Gasteiger partial charge in [0.05, 0.1) is 0 Å². The monoisotopic (exact) mass is 277 g/mol. The number of hydrogen-bond donors (Lipinski definition) is 1. The third kappa shape index (κ3) is 2.34. The lowest BCUT2D eigenvalue weighted by Crippen LogP contribution is -2.22. The highest BCUT2D eigenvalue weighted by Crippen LogP contribution is 2.25. The molecule has 0 saturated heterocycles. The molecule has 0 amide bonds. The molecule has 0 aliphatic carbocycles. The normalized spacial score (nSPS) is 11.4. The van der Waals surface area contributed by atoms with Gasteiger partial charge in [0, 0.05) is 25.7 Å². The number of aromatic amines is 1. The van der Waals surface area contributed by atoms with Gasteiger partial charge in [0.25, 0.3) is 0 Å². The van der Waals surface area contributed by atoms with E-state index in [2.05, 4.69) is 56.1 Å². The summed E-state index contributed by atoms with van der Waals surface area (Å²) < 4.78 is 1.32. The summed E-state index contributed by atoms with van der Waals surface area (Å²) in [6.45, 7) is 8.59. The molecule has 2 aromatic rings. The number of fused-ring (bicyclic) bond motifs is 1. The molecule has 1 aromatic carbocycles. The third-order valence-corrected chi connectivity index (χ3v) is 5.29. The minimum absolute atomic E-state index is 0.555. The summed E-state index contributed by atoms with van der Waals surface area (Å²) in [7, 11) is 0. The van der Waals surface area contributed by atoms with Crippen molar-refractivity contribution in [3.63, 3.8) is 0 Å². The topological polar surface area (TPSA) is 15.8 Å². The van der Waals surface area contributed by atoms with Crippen LogP contribution >= 0.6 is 23.5 Å². The van der Waals surface area contributed by atoms with E-state index in [0.29, 0.717) is 5.92 Å². The van der Waals surface area contributed by atoms with Crippen LogP contribution in [0.1, 0.15) is 25.3 Å². The van der Waals surface area contributed by atoms with Gasteiger partial charge in [-0.15, -0.1) is 23.5 Å². The van der Waals surface area contributed by atoms with Crippen LogP contribution in [0.5, 0.6) is 0 Å². The third-order valence-electron chi connectivity index (χ3n) is 3.14. The molecule has 1 N–H and O–H groups in total. The van der Waals surface area contributed by atoms with Gasteiger partial charge in [-0.05, 0) is 30.1 Å². The molecule has 0 atom stereocenters. The Hall–Kier alpha value is -0.800. The molecule has 0 unspecified atom stereocenters. The minimum Gasteiger partial charge on any atom is -0.355 e. The van der Waals surface area contributed by atoms with Crippen LogP contribution < -0.4 is 10.6 Å². The number of rotatable bonds is 3. The highest BCUT2D eigenvalue weighted by atomic mass is 32.2. The first-order chi connectivity index (χ1) is 8.58. The van der Waals surface area contributed by atoms with Crippen molar-refractivity contribution < 1.29 is 0 Å². The SMILES string of the molecule is C=c1[nH]c2cc(C(C)C)ccc2c1=C(SC)SC. The first-order valence-electron chi connectivity index (χ1n) is 6.01. The average Bonchev–Trinajstić information content (AvgIpc) is 2.67. The highest BCUT2D eigenvalue weighted by Gasteiger charge is 2.06. The molecule has 96 valence electrons. The number of H-pyrrole nitrogens is 1. The summed E-state index contributed by atoms with van der Waals surface area (Å²) in [6, 6.07) is 6.69. The van der Waals surface area contributed by atoms with Gasteiger partial charge in [-0.2, -0.15) is 0 Å². The minimum atomic E-state index is 0.555. The van der Waals surface area contributed by atoms with E-state index in [1.54, 1.807) is 23.5 Å². The molecule has 0 aliphatic rings. The first kappa shape index (κ1) is 13.6. The van der Waals surface area contributed by atoms with Crippen LogP contribution in [0.2, 0.25) is 0 Å². The summed E-state index contributed by atoms with van der Waals surface area (Å²) in [5, 5.41) is 3.56. The lowest BCUT2D eigenvalue weighted by Gasteiger charge is -2.04. The predicted molar refractivity (Wildman–Crippen MR) is 87.6 cm³/mol. The van der Waals surface area contributed by atoms with Crippen LogP contribution in [-0.2, 0) is 0 Å².